The maximum absolute atomic E-state index is 6.72. The Morgan fingerprint density at radius 1 is 0.529 bits per heavy atom. The van der Waals surface area contributed by atoms with Crippen LogP contribution in [0, 0.1) is 0 Å². The van der Waals surface area contributed by atoms with Gasteiger partial charge in [-0.15, -0.1) is 0 Å². The molecule has 6 aromatic carbocycles. The number of ether oxygens (including phenoxy) is 1. The van der Waals surface area contributed by atoms with Crippen LogP contribution in [0.25, 0.3) is 44.5 Å². The van der Waals surface area contributed by atoms with Gasteiger partial charge in [0.25, 0.3) is 0 Å². The number of hydrogen-bond donors (Lipinski definition) is 0. The van der Waals surface area contributed by atoms with E-state index in [4.69, 9.17) is 11.3 Å². The molecule has 3 aliphatic carbocycles. The Bertz CT molecular complexity index is 2420. The molecule has 6 aromatic rings. The highest BCUT2D eigenvalue weighted by Crippen LogP contribution is 2.62. The smallest absolute Gasteiger partial charge is 0.132 e. The fraction of sp³-hybridized carbons (Fsp3) is 0.160. The van der Waals surface area contributed by atoms with Crippen molar-refractivity contribution >= 4 is 0 Å². The monoisotopic (exact) mass is 656 g/mol. The second kappa shape index (κ2) is 11.4. The average molecular weight is 657 g/mol. The first-order chi connectivity index (χ1) is 25.1. The van der Waals surface area contributed by atoms with Gasteiger partial charge in [-0.2, -0.15) is 0 Å². The van der Waals surface area contributed by atoms with Gasteiger partial charge in [0.05, 0.1) is 5.41 Å². The number of benzene rings is 6. The zero-order valence-electron chi connectivity index (χ0n) is 29.1. The van der Waals surface area contributed by atoms with Crippen LogP contribution in [-0.4, -0.2) is 0 Å². The molecule has 0 amide bonds. The van der Waals surface area contributed by atoms with Gasteiger partial charge in [-0.3, -0.25) is 0 Å². The summed E-state index contributed by atoms with van der Waals surface area (Å²) in [5, 5.41) is 0. The molecular formula is C50H40O. The van der Waals surface area contributed by atoms with Crippen LogP contribution >= 0.6 is 0 Å². The highest BCUT2D eigenvalue weighted by atomic mass is 16.5. The highest BCUT2D eigenvalue weighted by molar-refractivity contribution is 5.91. The van der Waals surface area contributed by atoms with E-state index in [0.717, 1.165) is 22.6 Å². The van der Waals surface area contributed by atoms with E-state index in [-0.39, 0.29) is 5.41 Å². The first-order valence-electron chi connectivity index (χ1n) is 18.5. The second-order valence-corrected chi connectivity index (χ2v) is 14.7. The Labute approximate surface area is 301 Å². The predicted octanol–water partition coefficient (Wildman–Crippen LogP) is 13.0. The molecule has 2 spiro atoms. The van der Waals surface area contributed by atoms with Gasteiger partial charge < -0.3 is 4.74 Å². The molecular weight excluding hydrogens is 617 g/mol. The molecule has 246 valence electrons. The molecule has 1 heteroatoms. The van der Waals surface area contributed by atoms with Gasteiger partial charge >= 0.3 is 0 Å². The molecule has 0 radical (unpaired) electrons. The molecule has 1 nitrogen and oxygen atoms in total. The van der Waals surface area contributed by atoms with Crippen molar-refractivity contribution in [3.05, 3.63) is 197 Å². The van der Waals surface area contributed by atoms with E-state index in [0.29, 0.717) is 0 Å². The van der Waals surface area contributed by atoms with Crippen molar-refractivity contribution < 1.29 is 4.74 Å². The van der Waals surface area contributed by atoms with Crippen molar-refractivity contribution in [1.82, 2.24) is 0 Å². The summed E-state index contributed by atoms with van der Waals surface area (Å²) in [6.45, 7) is 6.85. The van der Waals surface area contributed by atoms with Crippen molar-refractivity contribution in [3.8, 4) is 50.3 Å². The Kier molecular flexibility index (Phi) is 6.77. The summed E-state index contributed by atoms with van der Waals surface area (Å²) in [6, 6.07) is 49.9. The Hall–Kier alpha value is -5.66. The van der Waals surface area contributed by atoms with Crippen LogP contribution in [0.1, 0.15) is 66.8 Å². The van der Waals surface area contributed by atoms with Gasteiger partial charge in [0.1, 0.15) is 11.5 Å². The van der Waals surface area contributed by atoms with E-state index in [1.807, 2.05) is 19.1 Å². The van der Waals surface area contributed by atoms with Crippen molar-refractivity contribution in [3.63, 3.8) is 0 Å². The SMILES string of the molecule is C=C1/C(=C\C=C/C)Oc2ccc(-c3ccccc3-c3ccc4c(c3)C3(CCCCC3)c3ccccc3-4)cc2C12c1ccccc1-c1ccccc12. The highest BCUT2D eigenvalue weighted by Gasteiger charge is 2.52. The van der Waals surface area contributed by atoms with E-state index < -0.39 is 5.41 Å². The van der Waals surface area contributed by atoms with Gasteiger partial charge in [0, 0.05) is 16.6 Å². The van der Waals surface area contributed by atoms with Crippen molar-refractivity contribution in [2.24, 2.45) is 0 Å². The van der Waals surface area contributed by atoms with Crippen LogP contribution in [-0.2, 0) is 10.8 Å². The molecule has 0 aromatic heterocycles. The molecule has 4 aliphatic rings. The second-order valence-electron chi connectivity index (χ2n) is 14.7. The predicted molar refractivity (Wildman–Crippen MR) is 211 cm³/mol. The summed E-state index contributed by atoms with van der Waals surface area (Å²) < 4.78 is 6.72. The number of hydrogen-bond acceptors (Lipinski definition) is 1. The van der Waals surface area contributed by atoms with E-state index in [2.05, 4.69) is 140 Å². The van der Waals surface area contributed by atoms with Crippen LogP contribution in [0.4, 0.5) is 0 Å². The molecule has 1 aliphatic heterocycles. The summed E-state index contributed by atoms with van der Waals surface area (Å²) in [4.78, 5) is 0. The lowest BCUT2D eigenvalue weighted by Crippen LogP contribution is -2.35. The Balaban J connectivity index is 1.17. The van der Waals surface area contributed by atoms with Crippen molar-refractivity contribution in [1.29, 1.82) is 0 Å². The zero-order valence-corrected chi connectivity index (χ0v) is 29.1. The molecule has 1 fully saturated rings. The third-order valence-corrected chi connectivity index (χ3v) is 12.3. The largest absolute Gasteiger partial charge is 0.457 e. The molecule has 1 heterocycles. The van der Waals surface area contributed by atoms with E-state index in [1.165, 1.54) is 98.9 Å². The lowest BCUT2D eigenvalue weighted by molar-refractivity contribution is 0.353. The Morgan fingerprint density at radius 3 is 1.67 bits per heavy atom. The minimum absolute atomic E-state index is 0.118. The van der Waals surface area contributed by atoms with Crippen LogP contribution in [0.15, 0.2) is 170 Å². The summed E-state index contributed by atoms with van der Waals surface area (Å²) in [5.74, 6) is 1.68. The van der Waals surface area contributed by atoms with Crippen LogP contribution < -0.4 is 4.74 Å². The molecule has 0 bridgehead atoms. The third-order valence-electron chi connectivity index (χ3n) is 12.3. The van der Waals surface area contributed by atoms with E-state index in [9.17, 15) is 0 Å². The Morgan fingerprint density at radius 2 is 1.04 bits per heavy atom. The van der Waals surface area contributed by atoms with Crippen LogP contribution in [0.3, 0.4) is 0 Å². The normalized spacial score (nSPS) is 18.0. The van der Waals surface area contributed by atoms with Crippen LogP contribution in [0.5, 0.6) is 5.75 Å². The lowest BCUT2D eigenvalue weighted by atomic mass is 9.65. The van der Waals surface area contributed by atoms with Crippen molar-refractivity contribution in [2.45, 2.75) is 49.9 Å². The first kappa shape index (κ1) is 30.2. The lowest BCUT2D eigenvalue weighted by Gasteiger charge is -2.41. The zero-order chi connectivity index (χ0) is 34.2. The summed E-state index contributed by atoms with van der Waals surface area (Å²) in [6.07, 6.45) is 12.5. The van der Waals surface area contributed by atoms with Crippen molar-refractivity contribution in [2.75, 3.05) is 0 Å². The maximum Gasteiger partial charge on any atom is 0.132 e. The molecule has 0 N–H and O–H groups in total. The minimum atomic E-state index is -0.578. The number of rotatable bonds is 3. The van der Waals surface area contributed by atoms with Gasteiger partial charge in [-0.25, -0.2) is 0 Å². The quantitative estimate of drug-likeness (QED) is 0.184. The maximum atomic E-state index is 6.72. The standard InChI is InChI=1S/C50H40O/c1-3-4-24-47-33(2)50(43-22-12-9-19-39(43)40-20-10-13-23-44(40)50)46-32-35(26-28-48(46)51-47)37-17-7-6-16-36(37)34-25-27-41-38-18-8-11-21-42(38)49(45(41)31-34)29-14-5-15-30-49/h3-4,6-13,16-28,31-32H,2,5,14-15,29-30H2,1H3/b4-3-,47-24+. The number of fused-ring (bicyclic) bond motifs is 12. The minimum Gasteiger partial charge on any atom is -0.457 e. The molecule has 51 heavy (non-hydrogen) atoms. The molecule has 10 rings (SSSR count). The third kappa shape index (κ3) is 4.15. The molecule has 0 atom stereocenters. The van der Waals surface area contributed by atoms with Crippen LogP contribution in [0.2, 0.25) is 0 Å². The number of allylic oxidation sites excluding steroid dienone is 4. The molecule has 0 saturated heterocycles. The summed E-state index contributed by atoms with van der Waals surface area (Å²) in [5.41, 5.74) is 17.5. The summed E-state index contributed by atoms with van der Waals surface area (Å²) >= 11 is 0. The van der Waals surface area contributed by atoms with E-state index >= 15 is 0 Å². The van der Waals surface area contributed by atoms with Gasteiger partial charge in [0.2, 0.25) is 0 Å². The molecule has 0 unspecified atom stereocenters. The fourth-order valence-electron chi connectivity index (χ4n) is 10.1. The fourth-order valence-corrected chi connectivity index (χ4v) is 10.1. The first-order valence-corrected chi connectivity index (χ1v) is 18.5. The van der Waals surface area contributed by atoms with E-state index in [1.54, 1.807) is 0 Å². The van der Waals surface area contributed by atoms with Gasteiger partial charge in [-0.1, -0.05) is 153 Å². The molecule has 1 saturated carbocycles. The van der Waals surface area contributed by atoms with Gasteiger partial charge in [0.15, 0.2) is 0 Å². The average Bonchev–Trinajstić information content (AvgIpc) is 3.63. The summed E-state index contributed by atoms with van der Waals surface area (Å²) in [7, 11) is 0. The van der Waals surface area contributed by atoms with Gasteiger partial charge in [-0.05, 0) is 111 Å². The topological polar surface area (TPSA) is 9.23 Å².